The van der Waals surface area contributed by atoms with E-state index in [4.69, 9.17) is 4.74 Å². The number of nitrogens with one attached hydrogen (secondary N) is 1. The standard InChI is InChI=1S/C12H17N3O3/c1-12(2)8-9(5-7-18-12)14-10-4-3-6-13-11(10)15(16)17/h3-4,6,9,14H,5,7-8H2,1-2H3. The molecule has 6 heteroatoms. The number of hydrogen-bond donors (Lipinski definition) is 1. The van der Waals surface area contributed by atoms with Crippen molar-refractivity contribution in [1.82, 2.24) is 4.98 Å². The quantitative estimate of drug-likeness (QED) is 0.659. The molecule has 0 aromatic carbocycles. The second-order valence-corrected chi connectivity index (χ2v) is 5.07. The number of nitro groups is 1. The van der Waals surface area contributed by atoms with Crippen LogP contribution in [0, 0.1) is 10.1 Å². The van der Waals surface area contributed by atoms with Crippen LogP contribution in [0.5, 0.6) is 0 Å². The SMILES string of the molecule is CC1(C)CC(Nc2cccnc2[N+](=O)[O-])CCO1. The Morgan fingerprint density at radius 1 is 1.61 bits per heavy atom. The van der Waals surface area contributed by atoms with Crippen molar-refractivity contribution < 1.29 is 9.66 Å². The largest absolute Gasteiger partial charge is 0.386 e. The zero-order valence-electron chi connectivity index (χ0n) is 10.5. The third kappa shape index (κ3) is 2.95. The highest BCUT2D eigenvalue weighted by Crippen LogP contribution is 2.28. The average molecular weight is 251 g/mol. The fourth-order valence-electron chi connectivity index (χ4n) is 2.23. The molecule has 98 valence electrons. The number of hydrogen-bond acceptors (Lipinski definition) is 5. The summed E-state index contributed by atoms with van der Waals surface area (Å²) in [6.07, 6.45) is 3.09. The second kappa shape index (κ2) is 4.89. The molecule has 0 saturated carbocycles. The van der Waals surface area contributed by atoms with Crippen molar-refractivity contribution in [3.8, 4) is 0 Å². The Bertz CT molecular complexity index is 448. The lowest BCUT2D eigenvalue weighted by Gasteiger charge is -2.36. The predicted octanol–water partition coefficient (Wildman–Crippen LogP) is 2.36. The van der Waals surface area contributed by atoms with Crippen LogP contribution >= 0.6 is 0 Å². The number of nitrogens with zero attached hydrogens (tertiary/aromatic N) is 2. The first-order chi connectivity index (χ1) is 8.48. The van der Waals surface area contributed by atoms with Gasteiger partial charge in [0.05, 0.1) is 5.60 Å². The van der Waals surface area contributed by atoms with Crippen LogP contribution in [-0.4, -0.2) is 28.2 Å². The zero-order valence-corrected chi connectivity index (χ0v) is 10.5. The highest BCUT2D eigenvalue weighted by atomic mass is 16.6. The van der Waals surface area contributed by atoms with Crippen molar-refractivity contribution in [2.24, 2.45) is 0 Å². The molecule has 0 radical (unpaired) electrons. The normalized spacial score (nSPS) is 22.4. The molecule has 1 aromatic rings. The van der Waals surface area contributed by atoms with Crippen LogP contribution in [-0.2, 0) is 4.74 Å². The monoisotopic (exact) mass is 251 g/mol. The van der Waals surface area contributed by atoms with Crippen molar-refractivity contribution in [2.75, 3.05) is 11.9 Å². The van der Waals surface area contributed by atoms with Gasteiger partial charge in [0, 0.05) is 12.6 Å². The average Bonchev–Trinajstić information content (AvgIpc) is 2.28. The van der Waals surface area contributed by atoms with Gasteiger partial charge in [-0.05, 0) is 48.7 Å². The first-order valence-electron chi connectivity index (χ1n) is 5.98. The molecule has 1 unspecified atom stereocenters. The highest BCUT2D eigenvalue weighted by Gasteiger charge is 2.30. The van der Waals surface area contributed by atoms with Crippen molar-refractivity contribution in [1.29, 1.82) is 0 Å². The van der Waals surface area contributed by atoms with E-state index in [1.807, 2.05) is 13.8 Å². The molecule has 18 heavy (non-hydrogen) atoms. The van der Waals surface area contributed by atoms with Gasteiger partial charge in [-0.1, -0.05) is 0 Å². The lowest BCUT2D eigenvalue weighted by atomic mass is 9.94. The van der Waals surface area contributed by atoms with E-state index in [-0.39, 0.29) is 17.5 Å². The number of aromatic nitrogens is 1. The first-order valence-corrected chi connectivity index (χ1v) is 5.98. The van der Waals surface area contributed by atoms with E-state index >= 15 is 0 Å². The molecule has 1 saturated heterocycles. The summed E-state index contributed by atoms with van der Waals surface area (Å²) in [6, 6.07) is 3.56. The Hall–Kier alpha value is -1.69. The Balaban J connectivity index is 2.12. The molecule has 2 rings (SSSR count). The van der Waals surface area contributed by atoms with Crippen molar-refractivity contribution in [3.05, 3.63) is 28.4 Å². The molecule has 0 spiro atoms. The van der Waals surface area contributed by atoms with Crippen LogP contribution in [0.2, 0.25) is 0 Å². The fourth-order valence-corrected chi connectivity index (χ4v) is 2.23. The summed E-state index contributed by atoms with van der Waals surface area (Å²) in [6.45, 7) is 4.72. The number of pyridine rings is 1. The number of ether oxygens (including phenoxy) is 1. The number of anilines is 1. The molecule has 1 N–H and O–H groups in total. The van der Waals surface area contributed by atoms with Crippen LogP contribution in [0.15, 0.2) is 18.3 Å². The van der Waals surface area contributed by atoms with Crippen molar-refractivity contribution in [3.63, 3.8) is 0 Å². The molecule has 0 bridgehead atoms. The minimum Gasteiger partial charge on any atom is -0.375 e. The van der Waals surface area contributed by atoms with Gasteiger partial charge in [0.2, 0.25) is 0 Å². The molecule has 1 aliphatic heterocycles. The molecule has 1 aliphatic rings. The van der Waals surface area contributed by atoms with E-state index < -0.39 is 4.92 Å². The Morgan fingerprint density at radius 2 is 2.39 bits per heavy atom. The van der Waals surface area contributed by atoms with Gasteiger partial charge < -0.3 is 20.2 Å². The molecule has 1 aromatic heterocycles. The molecular weight excluding hydrogens is 234 g/mol. The van der Waals surface area contributed by atoms with E-state index in [1.54, 1.807) is 12.1 Å². The topological polar surface area (TPSA) is 77.3 Å². The maximum Gasteiger partial charge on any atom is 0.386 e. The van der Waals surface area contributed by atoms with Crippen molar-refractivity contribution in [2.45, 2.75) is 38.3 Å². The molecule has 2 heterocycles. The summed E-state index contributed by atoms with van der Waals surface area (Å²) in [4.78, 5) is 14.2. The summed E-state index contributed by atoms with van der Waals surface area (Å²) >= 11 is 0. The van der Waals surface area contributed by atoms with E-state index in [0.29, 0.717) is 12.3 Å². The van der Waals surface area contributed by atoms with Crippen LogP contribution in [0.4, 0.5) is 11.5 Å². The van der Waals surface area contributed by atoms with Gasteiger partial charge in [0.1, 0.15) is 11.9 Å². The van der Waals surface area contributed by atoms with Gasteiger partial charge in [-0.15, -0.1) is 0 Å². The third-order valence-electron chi connectivity index (χ3n) is 3.02. The van der Waals surface area contributed by atoms with Gasteiger partial charge in [0.15, 0.2) is 0 Å². The van der Waals surface area contributed by atoms with Crippen LogP contribution in [0.1, 0.15) is 26.7 Å². The Kier molecular flexibility index (Phi) is 3.47. The van der Waals surface area contributed by atoms with Gasteiger partial charge >= 0.3 is 5.82 Å². The smallest absolute Gasteiger partial charge is 0.375 e. The van der Waals surface area contributed by atoms with Gasteiger partial charge in [-0.2, -0.15) is 0 Å². The van der Waals surface area contributed by atoms with Gasteiger partial charge in [-0.3, -0.25) is 0 Å². The summed E-state index contributed by atoms with van der Waals surface area (Å²) in [5, 5.41) is 14.1. The molecular formula is C12H17N3O3. The highest BCUT2D eigenvalue weighted by molar-refractivity contribution is 5.57. The summed E-state index contributed by atoms with van der Waals surface area (Å²) in [7, 11) is 0. The van der Waals surface area contributed by atoms with Gasteiger partial charge in [0.25, 0.3) is 0 Å². The van der Waals surface area contributed by atoms with Crippen LogP contribution in [0.25, 0.3) is 0 Å². The first kappa shape index (κ1) is 12.8. The predicted molar refractivity (Wildman–Crippen MR) is 67.6 cm³/mol. The van der Waals surface area contributed by atoms with Crippen molar-refractivity contribution >= 4 is 11.5 Å². The maximum absolute atomic E-state index is 10.9. The Morgan fingerprint density at radius 3 is 3.06 bits per heavy atom. The van der Waals surface area contributed by atoms with E-state index in [2.05, 4.69) is 10.3 Å². The fraction of sp³-hybridized carbons (Fsp3) is 0.583. The minimum absolute atomic E-state index is 0.123. The summed E-state index contributed by atoms with van der Waals surface area (Å²) in [5.74, 6) is -0.123. The maximum atomic E-state index is 10.9. The zero-order chi connectivity index (χ0) is 13.2. The molecule has 0 aliphatic carbocycles. The van der Waals surface area contributed by atoms with E-state index in [9.17, 15) is 10.1 Å². The molecule has 0 amide bonds. The third-order valence-corrected chi connectivity index (χ3v) is 3.02. The lowest BCUT2D eigenvalue weighted by molar-refractivity contribution is -0.388. The molecule has 1 atom stereocenters. The second-order valence-electron chi connectivity index (χ2n) is 5.07. The van der Waals surface area contributed by atoms with Crippen LogP contribution in [0.3, 0.4) is 0 Å². The summed E-state index contributed by atoms with van der Waals surface area (Å²) < 4.78 is 5.62. The molecule has 1 fully saturated rings. The van der Waals surface area contributed by atoms with Gasteiger partial charge in [-0.25, -0.2) is 0 Å². The number of rotatable bonds is 3. The molecule has 6 nitrogen and oxygen atoms in total. The van der Waals surface area contributed by atoms with Crippen LogP contribution < -0.4 is 5.32 Å². The minimum atomic E-state index is -0.465. The van der Waals surface area contributed by atoms with E-state index in [1.165, 1.54) is 6.20 Å². The summed E-state index contributed by atoms with van der Waals surface area (Å²) in [5.41, 5.74) is 0.289. The lowest BCUT2D eigenvalue weighted by Crippen LogP contribution is -2.40. The Labute approximate surface area is 106 Å². The van der Waals surface area contributed by atoms with E-state index in [0.717, 1.165) is 12.8 Å².